The molecule has 0 aliphatic heterocycles. The van der Waals surface area contributed by atoms with Crippen LogP contribution in [0.15, 0.2) is 72.9 Å². The van der Waals surface area contributed by atoms with Crippen LogP contribution in [-0.2, 0) is 6.18 Å². The maximum Gasteiger partial charge on any atom is 0.416 e. The second-order valence-electron chi connectivity index (χ2n) is 7.79. The number of alkyl halides is 3. The van der Waals surface area contributed by atoms with Gasteiger partial charge in [0.15, 0.2) is 0 Å². The van der Waals surface area contributed by atoms with Crippen molar-refractivity contribution in [3.05, 3.63) is 89.6 Å². The zero-order valence-corrected chi connectivity index (χ0v) is 18.7. The number of benzene rings is 3. The Kier molecular flexibility index (Phi) is 5.91. The number of amides is 1. The van der Waals surface area contributed by atoms with E-state index in [-0.39, 0.29) is 11.5 Å². The van der Waals surface area contributed by atoms with Crippen molar-refractivity contribution in [3.63, 3.8) is 0 Å². The van der Waals surface area contributed by atoms with Gasteiger partial charge in [-0.05, 0) is 42.8 Å². The molecule has 0 aliphatic rings. The summed E-state index contributed by atoms with van der Waals surface area (Å²) in [4.78, 5) is 27.5. The number of aromatic nitrogens is 1. The van der Waals surface area contributed by atoms with Crippen LogP contribution in [0.3, 0.4) is 0 Å². The average molecular weight is 466 g/mol. The molecule has 0 atom stereocenters. The maximum absolute atomic E-state index is 13.8. The highest BCUT2D eigenvalue weighted by molar-refractivity contribution is 6.16. The molecule has 0 N–H and O–H groups in total. The highest BCUT2D eigenvalue weighted by atomic mass is 19.4. The van der Waals surface area contributed by atoms with E-state index in [0.717, 1.165) is 12.1 Å². The highest BCUT2D eigenvalue weighted by Gasteiger charge is 2.32. The molecule has 1 aromatic heterocycles. The SMILES string of the molecule is COc1ccc(C)c(N(C(=O)c2cccc(C(F)(F)F)c2)c2cn(C(C)=O)c3ccccc23)c1. The number of anilines is 2. The van der Waals surface area contributed by atoms with Crippen LogP contribution < -0.4 is 9.64 Å². The Hall–Kier alpha value is -4.07. The predicted octanol–water partition coefficient (Wildman–Crippen LogP) is 6.62. The van der Waals surface area contributed by atoms with Gasteiger partial charge in [0, 0.05) is 30.1 Å². The van der Waals surface area contributed by atoms with Crippen LogP contribution in [0.5, 0.6) is 5.75 Å². The first kappa shape index (κ1) is 23.1. The third-order valence-electron chi connectivity index (χ3n) is 5.57. The number of carbonyl (C=O) groups excluding carboxylic acids is 2. The fraction of sp³-hybridized carbons (Fsp3) is 0.154. The highest BCUT2D eigenvalue weighted by Crippen LogP contribution is 2.39. The van der Waals surface area contributed by atoms with Crippen molar-refractivity contribution in [2.75, 3.05) is 12.0 Å². The molecule has 0 fully saturated rings. The van der Waals surface area contributed by atoms with E-state index in [4.69, 9.17) is 4.74 Å². The normalized spacial score (nSPS) is 11.5. The first-order valence-electron chi connectivity index (χ1n) is 10.4. The van der Waals surface area contributed by atoms with Crippen LogP contribution in [0.25, 0.3) is 10.9 Å². The van der Waals surface area contributed by atoms with Crippen molar-refractivity contribution in [2.24, 2.45) is 0 Å². The van der Waals surface area contributed by atoms with Gasteiger partial charge >= 0.3 is 6.18 Å². The van der Waals surface area contributed by atoms with E-state index in [1.165, 1.54) is 41.8 Å². The van der Waals surface area contributed by atoms with E-state index in [1.54, 1.807) is 49.4 Å². The fourth-order valence-corrected chi connectivity index (χ4v) is 3.86. The number of para-hydroxylation sites is 1. The molecule has 3 aromatic carbocycles. The summed E-state index contributed by atoms with van der Waals surface area (Å²) in [5.74, 6) is -0.470. The quantitative estimate of drug-likeness (QED) is 0.340. The molecule has 0 saturated carbocycles. The smallest absolute Gasteiger partial charge is 0.416 e. The summed E-state index contributed by atoms with van der Waals surface area (Å²) < 4.78 is 46.8. The molecular weight excluding hydrogens is 445 g/mol. The number of methoxy groups -OCH3 is 1. The van der Waals surface area contributed by atoms with Crippen LogP contribution >= 0.6 is 0 Å². The first-order valence-corrected chi connectivity index (χ1v) is 10.4. The summed E-state index contributed by atoms with van der Waals surface area (Å²) >= 11 is 0. The topological polar surface area (TPSA) is 51.5 Å². The van der Waals surface area contributed by atoms with Crippen LogP contribution in [0, 0.1) is 6.92 Å². The van der Waals surface area contributed by atoms with Crippen molar-refractivity contribution in [1.29, 1.82) is 0 Å². The van der Waals surface area contributed by atoms with Crippen LogP contribution in [-0.4, -0.2) is 23.5 Å². The minimum atomic E-state index is -4.60. The molecule has 5 nitrogen and oxygen atoms in total. The lowest BCUT2D eigenvalue weighted by Gasteiger charge is -2.25. The van der Waals surface area contributed by atoms with Gasteiger partial charge in [0.1, 0.15) is 5.75 Å². The minimum absolute atomic E-state index is 0.142. The molecule has 1 heterocycles. The van der Waals surface area contributed by atoms with E-state index in [9.17, 15) is 22.8 Å². The van der Waals surface area contributed by atoms with Gasteiger partial charge in [-0.3, -0.25) is 19.1 Å². The summed E-state index contributed by atoms with van der Waals surface area (Å²) in [6, 6.07) is 16.4. The Balaban J connectivity index is 2.00. The fourth-order valence-electron chi connectivity index (χ4n) is 3.86. The monoisotopic (exact) mass is 466 g/mol. The number of ether oxygens (including phenoxy) is 1. The molecule has 174 valence electrons. The number of fused-ring (bicyclic) bond motifs is 1. The largest absolute Gasteiger partial charge is 0.497 e. The number of nitrogens with zero attached hydrogens (tertiary/aromatic N) is 2. The van der Waals surface area contributed by atoms with Crippen molar-refractivity contribution in [1.82, 2.24) is 4.57 Å². The Morgan fingerprint density at radius 1 is 0.941 bits per heavy atom. The summed E-state index contributed by atoms with van der Waals surface area (Å²) in [5, 5.41) is 0.597. The molecule has 34 heavy (non-hydrogen) atoms. The number of hydrogen-bond donors (Lipinski definition) is 0. The third kappa shape index (κ3) is 4.14. The number of carbonyl (C=O) groups is 2. The number of hydrogen-bond acceptors (Lipinski definition) is 3. The van der Waals surface area contributed by atoms with Crippen molar-refractivity contribution in [2.45, 2.75) is 20.0 Å². The molecular formula is C26H21F3N2O3. The summed E-state index contributed by atoms with van der Waals surface area (Å²) in [6.45, 7) is 3.18. The lowest BCUT2D eigenvalue weighted by Crippen LogP contribution is -2.27. The Morgan fingerprint density at radius 3 is 2.35 bits per heavy atom. The third-order valence-corrected chi connectivity index (χ3v) is 5.57. The predicted molar refractivity (Wildman–Crippen MR) is 124 cm³/mol. The lowest BCUT2D eigenvalue weighted by molar-refractivity contribution is -0.137. The van der Waals surface area contributed by atoms with Crippen molar-refractivity contribution >= 4 is 34.1 Å². The molecule has 0 unspecified atom stereocenters. The standard InChI is InChI=1S/C26H21F3N2O3/c1-16-11-12-20(34-3)14-23(16)31(25(33)18-7-6-8-19(13-18)26(27,28)29)24-15-30(17(2)32)22-10-5-4-9-21(22)24/h4-15H,1-3H3. The Bertz CT molecular complexity index is 1410. The van der Waals surface area contributed by atoms with E-state index < -0.39 is 17.6 Å². The number of rotatable bonds is 4. The van der Waals surface area contributed by atoms with E-state index in [0.29, 0.717) is 33.6 Å². The summed E-state index contributed by atoms with van der Waals surface area (Å²) in [5.41, 5.74) is 0.995. The molecule has 4 aromatic rings. The Morgan fingerprint density at radius 2 is 1.68 bits per heavy atom. The molecule has 1 amide bonds. The van der Waals surface area contributed by atoms with Gasteiger partial charge in [0.25, 0.3) is 5.91 Å². The maximum atomic E-state index is 13.8. The van der Waals surface area contributed by atoms with Crippen molar-refractivity contribution in [3.8, 4) is 5.75 Å². The summed E-state index contributed by atoms with van der Waals surface area (Å²) in [6.07, 6.45) is -3.07. The Labute approximate surface area is 194 Å². The molecule has 0 bridgehead atoms. The van der Waals surface area contributed by atoms with E-state index in [1.807, 2.05) is 0 Å². The van der Waals surface area contributed by atoms with Gasteiger partial charge in [0.05, 0.1) is 29.6 Å². The van der Waals surface area contributed by atoms with Gasteiger partial charge in [-0.15, -0.1) is 0 Å². The van der Waals surface area contributed by atoms with Gasteiger partial charge in [-0.1, -0.05) is 30.3 Å². The molecule has 0 radical (unpaired) electrons. The zero-order valence-electron chi connectivity index (χ0n) is 18.7. The van der Waals surface area contributed by atoms with Crippen LogP contribution in [0.2, 0.25) is 0 Å². The number of halogens is 3. The molecule has 0 aliphatic carbocycles. The van der Waals surface area contributed by atoms with Gasteiger partial charge < -0.3 is 4.74 Å². The van der Waals surface area contributed by atoms with Crippen LogP contribution in [0.4, 0.5) is 24.5 Å². The second kappa shape index (κ2) is 8.70. The lowest BCUT2D eigenvalue weighted by atomic mass is 10.1. The molecule has 0 spiro atoms. The van der Waals surface area contributed by atoms with Gasteiger partial charge in [-0.25, -0.2) is 0 Å². The average Bonchev–Trinajstić information content (AvgIpc) is 3.20. The van der Waals surface area contributed by atoms with Gasteiger partial charge in [-0.2, -0.15) is 13.2 Å². The van der Waals surface area contributed by atoms with Crippen LogP contribution in [0.1, 0.15) is 33.2 Å². The van der Waals surface area contributed by atoms with Crippen molar-refractivity contribution < 1.29 is 27.5 Å². The summed E-state index contributed by atoms with van der Waals surface area (Å²) in [7, 11) is 1.48. The molecule has 8 heteroatoms. The molecule has 4 rings (SSSR count). The molecule has 0 saturated heterocycles. The zero-order chi connectivity index (χ0) is 24.6. The second-order valence-corrected chi connectivity index (χ2v) is 7.79. The van der Waals surface area contributed by atoms with E-state index in [2.05, 4.69) is 0 Å². The van der Waals surface area contributed by atoms with Gasteiger partial charge in [0.2, 0.25) is 5.91 Å². The number of aryl methyl sites for hydroxylation is 1. The minimum Gasteiger partial charge on any atom is -0.497 e. The van der Waals surface area contributed by atoms with E-state index >= 15 is 0 Å². The first-order chi connectivity index (χ1) is 16.1.